The summed E-state index contributed by atoms with van der Waals surface area (Å²) in [5.41, 5.74) is 1.84. The predicted octanol–water partition coefficient (Wildman–Crippen LogP) is 3.25. The summed E-state index contributed by atoms with van der Waals surface area (Å²) in [6, 6.07) is 6.23. The zero-order valence-electron chi connectivity index (χ0n) is 12.9. The summed E-state index contributed by atoms with van der Waals surface area (Å²) in [7, 11) is 1.48. The van der Waals surface area contributed by atoms with Gasteiger partial charge < -0.3 is 19.7 Å². The topological polar surface area (TPSA) is 76.0 Å². The first-order valence-electron chi connectivity index (χ1n) is 6.73. The van der Waals surface area contributed by atoms with Crippen molar-refractivity contribution in [3.8, 4) is 23.0 Å². The highest BCUT2D eigenvalue weighted by Crippen LogP contribution is 2.32. The summed E-state index contributed by atoms with van der Waals surface area (Å²) in [6.45, 7) is 5.12. The van der Waals surface area contributed by atoms with Crippen molar-refractivity contribution in [1.29, 1.82) is 0 Å². The Kier molecular flexibility index (Phi) is 4.26. The number of hydrogen-bond acceptors (Lipinski definition) is 5. The van der Waals surface area contributed by atoms with Gasteiger partial charge >= 0.3 is 5.97 Å². The van der Waals surface area contributed by atoms with Crippen LogP contribution < -0.4 is 9.47 Å². The van der Waals surface area contributed by atoms with E-state index >= 15 is 0 Å². The van der Waals surface area contributed by atoms with E-state index < -0.39 is 5.97 Å². The summed E-state index contributed by atoms with van der Waals surface area (Å²) < 4.78 is 10.4. The second-order valence-electron chi connectivity index (χ2n) is 5.14. The molecule has 0 aliphatic rings. The molecule has 0 aromatic heterocycles. The number of benzene rings is 2. The number of ether oxygens (including phenoxy) is 2. The van der Waals surface area contributed by atoms with Crippen molar-refractivity contribution in [3.63, 3.8) is 0 Å². The van der Waals surface area contributed by atoms with Crippen molar-refractivity contribution in [1.82, 2.24) is 0 Å². The van der Waals surface area contributed by atoms with E-state index in [9.17, 15) is 15.0 Å². The molecule has 116 valence electrons. The fourth-order valence-corrected chi connectivity index (χ4v) is 2.18. The van der Waals surface area contributed by atoms with Gasteiger partial charge in [0.15, 0.2) is 0 Å². The van der Waals surface area contributed by atoms with Crippen LogP contribution in [0.25, 0.3) is 0 Å². The van der Waals surface area contributed by atoms with Crippen LogP contribution >= 0.6 is 0 Å². The molecule has 0 radical (unpaired) electrons. The van der Waals surface area contributed by atoms with E-state index in [0.717, 1.165) is 5.56 Å². The fourth-order valence-electron chi connectivity index (χ4n) is 2.18. The van der Waals surface area contributed by atoms with E-state index in [4.69, 9.17) is 9.47 Å². The van der Waals surface area contributed by atoms with Crippen LogP contribution in [-0.4, -0.2) is 23.3 Å². The molecule has 2 aromatic carbocycles. The molecule has 0 saturated heterocycles. The molecule has 0 amide bonds. The summed E-state index contributed by atoms with van der Waals surface area (Å²) in [4.78, 5) is 12.3. The largest absolute Gasteiger partial charge is 0.508 e. The molecular weight excluding hydrogens is 284 g/mol. The lowest BCUT2D eigenvalue weighted by Gasteiger charge is -2.13. The van der Waals surface area contributed by atoms with Crippen LogP contribution in [0.15, 0.2) is 24.3 Å². The molecule has 0 fully saturated rings. The Labute approximate surface area is 128 Å². The smallest absolute Gasteiger partial charge is 0.347 e. The Bertz CT molecular complexity index is 711. The van der Waals surface area contributed by atoms with Crippen LogP contribution in [0.1, 0.15) is 27.0 Å². The van der Waals surface area contributed by atoms with Crippen LogP contribution in [0, 0.1) is 20.8 Å². The van der Waals surface area contributed by atoms with Crippen molar-refractivity contribution in [2.24, 2.45) is 0 Å². The standard InChI is InChI=1S/C17H18O5/c1-9-5-13(18)11(3)15(6-9)22-17(20)16-10(2)7-12(21-4)8-14(16)19/h5-8,18-19H,1-4H3. The highest BCUT2D eigenvalue weighted by Gasteiger charge is 2.19. The van der Waals surface area contributed by atoms with E-state index in [1.807, 2.05) is 0 Å². The van der Waals surface area contributed by atoms with E-state index in [0.29, 0.717) is 16.9 Å². The van der Waals surface area contributed by atoms with Gasteiger partial charge in [0.2, 0.25) is 0 Å². The molecule has 2 aromatic rings. The number of methoxy groups -OCH3 is 1. The van der Waals surface area contributed by atoms with Gasteiger partial charge in [0.05, 0.1) is 7.11 Å². The third-order valence-electron chi connectivity index (χ3n) is 3.41. The van der Waals surface area contributed by atoms with Gasteiger partial charge in [0.1, 0.15) is 28.6 Å². The maximum atomic E-state index is 12.3. The lowest BCUT2D eigenvalue weighted by atomic mass is 10.1. The van der Waals surface area contributed by atoms with Crippen LogP contribution in [0.2, 0.25) is 0 Å². The van der Waals surface area contributed by atoms with Gasteiger partial charge in [-0.3, -0.25) is 0 Å². The first-order chi connectivity index (χ1) is 10.3. The van der Waals surface area contributed by atoms with Crippen LogP contribution in [0.3, 0.4) is 0 Å². The molecule has 2 N–H and O–H groups in total. The fraction of sp³-hybridized carbons (Fsp3) is 0.235. The van der Waals surface area contributed by atoms with Crippen molar-refractivity contribution in [3.05, 3.63) is 46.5 Å². The number of carbonyl (C=O) groups excluding carboxylic acids is 1. The Balaban J connectivity index is 2.38. The third-order valence-corrected chi connectivity index (χ3v) is 3.41. The molecular formula is C17H18O5. The van der Waals surface area contributed by atoms with Crippen molar-refractivity contribution in [2.75, 3.05) is 7.11 Å². The average molecular weight is 302 g/mol. The molecule has 2 rings (SSSR count). The Morgan fingerprint density at radius 3 is 2.27 bits per heavy atom. The Hall–Kier alpha value is -2.69. The zero-order valence-corrected chi connectivity index (χ0v) is 12.9. The average Bonchev–Trinajstić information content (AvgIpc) is 2.43. The quantitative estimate of drug-likeness (QED) is 0.672. The molecule has 0 spiro atoms. The number of carbonyl (C=O) groups is 1. The van der Waals surface area contributed by atoms with Gasteiger partial charge in [-0.2, -0.15) is 0 Å². The Morgan fingerprint density at radius 2 is 1.68 bits per heavy atom. The molecule has 0 aliphatic heterocycles. The van der Waals surface area contributed by atoms with Gasteiger partial charge in [-0.1, -0.05) is 0 Å². The lowest BCUT2D eigenvalue weighted by molar-refractivity contribution is 0.0729. The number of rotatable bonds is 3. The molecule has 5 nitrogen and oxygen atoms in total. The maximum Gasteiger partial charge on any atom is 0.347 e. The molecule has 0 bridgehead atoms. The van der Waals surface area contributed by atoms with E-state index in [2.05, 4.69) is 0 Å². The van der Waals surface area contributed by atoms with Gasteiger partial charge in [-0.05, 0) is 50.1 Å². The van der Waals surface area contributed by atoms with Gasteiger partial charge in [-0.15, -0.1) is 0 Å². The van der Waals surface area contributed by atoms with Crippen LogP contribution in [-0.2, 0) is 0 Å². The second kappa shape index (κ2) is 5.97. The molecule has 0 aliphatic carbocycles. The SMILES string of the molecule is COc1cc(C)c(C(=O)Oc2cc(C)cc(O)c2C)c(O)c1. The summed E-state index contributed by atoms with van der Waals surface area (Å²) in [5, 5.41) is 19.8. The number of hydrogen-bond donors (Lipinski definition) is 2. The number of aryl methyl sites for hydroxylation is 2. The summed E-state index contributed by atoms with van der Waals surface area (Å²) >= 11 is 0. The molecule has 0 heterocycles. The minimum absolute atomic E-state index is 0.0541. The normalized spacial score (nSPS) is 10.4. The van der Waals surface area contributed by atoms with E-state index in [-0.39, 0.29) is 22.8 Å². The van der Waals surface area contributed by atoms with Crippen molar-refractivity contribution >= 4 is 5.97 Å². The number of phenolic OH excluding ortho intramolecular Hbond substituents is 2. The zero-order chi connectivity index (χ0) is 16.4. The summed E-state index contributed by atoms with van der Waals surface area (Å²) in [6.07, 6.45) is 0. The second-order valence-corrected chi connectivity index (χ2v) is 5.14. The summed E-state index contributed by atoms with van der Waals surface area (Å²) in [5.74, 6) is -0.131. The predicted molar refractivity (Wildman–Crippen MR) is 81.9 cm³/mol. The third kappa shape index (κ3) is 2.98. The van der Waals surface area contributed by atoms with Gasteiger partial charge in [0, 0.05) is 11.6 Å². The van der Waals surface area contributed by atoms with E-state index in [1.54, 1.807) is 39.0 Å². The minimum atomic E-state index is -0.689. The molecule has 22 heavy (non-hydrogen) atoms. The number of aromatic hydroxyl groups is 2. The van der Waals surface area contributed by atoms with Crippen LogP contribution in [0.5, 0.6) is 23.0 Å². The highest BCUT2D eigenvalue weighted by molar-refractivity contribution is 5.96. The molecule has 0 atom stereocenters. The minimum Gasteiger partial charge on any atom is -0.508 e. The number of phenols is 2. The number of esters is 1. The first-order valence-corrected chi connectivity index (χ1v) is 6.73. The van der Waals surface area contributed by atoms with E-state index in [1.165, 1.54) is 13.2 Å². The lowest BCUT2D eigenvalue weighted by Crippen LogP contribution is -2.11. The Morgan fingerprint density at radius 1 is 1.00 bits per heavy atom. The van der Waals surface area contributed by atoms with Crippen molar-refractivity contribution < 1.29 is 24.5 Å². The molecule has 0 unspecified atom stereocenters. The maximum absolute atomic E-state index is 12.3. The van der Waals surface area contributed by atoms with Crippen LogP contribution in [0.4, 0.5) is 0 Å². The highest BCUT2D eigenvalue weighted by atomic mass is 16.5. The molecule has 0 saturated carbocycles. The monoisotopic (exact) mass is 302 g/mol. The van der Waals surface area contributed by atoms with Gasteiger partial charge in [0.25, 0.3) is 0 Å². The van der Waals surface area contributed by atoms with Gasteiger partial charge in [-0.25, -0.2) is 4.79 Å². The first kappa shape index (κ1) is 15.7. The van der Waals surface area contributed by atoms with Crippen molar-refractivity contribution in [2.45, 2.75) is 20.8 Å². The molecule has 5 heteroatoms.